The Morgan fingerprint density at radius 1 is 1.27 bits per heavy atom. The number of hydrogen-bond acceptors (Lipinski definition) is 3. The van der Waals surface area contributed by atoms with Gasteiger partial charge in [-0.3, -0.25) is 4.90 Å². The van der Waals surface area contributed by atoms with Crippen LogP contribution in [0.1, 0.15) is 32.6 Å². The molecule has 2 aliphatic rings. The highest BCUT2D eigenvalue weighted by Gasteiger charge is 2.38. The summed E-state index contributed by atoms with van der Waals surface area (Å²) >= 11 is 0. The van der Waals surface area contributed by atoms with Gasteiger partial charge in [0.15, 0.2) is 0 Å². The molecule has 0 radical (unpaired) electrons. The molecule has 0 aliphatic carbocycles. The fourth-order valence-corrected chi connectivity index (χ4v) is 2.81. The Labute approximate surface area is 92.4 Å². The van der Waals surface area contributed by atoms with Crippen LogP contribution in [0.3, 0.4) is 0 Å². The molecule has 0 amide bonds. The molecule has 2 saturated heterocycles. The number of aliphatic hydroxyl groups excluding tert-OH is 1. The monoisotopic (exact) mass is 213 g/mol. The molecule has 0 aromatic rings. The van der Waals surface area contributed by atoms with E-state index in [0.717, 1.165) is 45.1 Å². The smallest absolute Gasteiger partial charge is 0.0617 e. The van der Waals surface area contributed by atoms with Gasteiger partial charge in [0.2, 0.25) is 0 Å². The molecular formula is C12H23NO2. The fraction of sp³-hybridized carbons (Fsp3) is 1.00. The number of nitrogens with zero attached hydrogens (tertiary/aromatic N) is 1. The number of hydrogen-bond donors (Lipinski definition) is 1. The standard InChI is InChI=1S/C12H23NO2/c1-11-2-6-13(7-3-11)12(10-14)4-8-15-9-5-12/h11,14H,2-10H2,1H3. The van der Waals surface area contributed by atoms with E-state index in [1.807, 2.05) is 0 Å². The van der Waals surface area contributed by atoms with Gasteiger partial charge in [-0.05, 0) is 44.7 Å². The molecule has 88 valence electrons. The van der Waals surface area contributed by atoms with Gasteiger partial charge in [-0.1, -0.05) is 6.92 Å². The van der Waals surface area contributed by atoms with Crippen LogP contribution < -0.4 is 0 Å². The number of piperidine rings is 1. The Morgan fingerprint density at radius 2 is 1.87 bits per heavy atom. The third-order valence-corrected chi connectivity index (χ3v) is 4.17. The number of aliphatic hydroxyl groups is 1. The molecule has 0 spiro atoms. The van der Waals surface area contributed by atoms with Crippen LogP contribution in [-0.2, 0) is 4.74 Å². The van der Waals surface area contributed by atoms with Crippen LogP contribution >= 0.6 is 0 Å². The van der Waals surface area contributed by atoms with E-state index in [9.17, 15) is 5.11 Å². The number of rotatable bonds is 2. The molecule has 0 aromatic heterocycles. The van der Waals surface area contributed by atoms with Crippen LogP contribution in [-0.4, -0.2) is 48.5 Å². The van der Waals surface area contributed by atoms with E-state index >= 15 is 0 Å². The SMILES string of the molecule is CC1CCN(C2(CO)CCOCC2)CC1. The first-order valence-electron chi connectivity index (χ1n) is 6.20. The zero-order valence-electron chi connectivity index (χ0n) is 9.74. The first-order chi connectivity index (χ1) is 7.27. The van der Waals surface area contributed by atoms with Crippen molar-refractivity contribution in [3.8, 4) is 0 Å². The van der Waals surface area contributed by atoms with Gasteiger partial charge in [-0.25, -0.2) is 0 Å². The first kappa shape index (κ1) is 11.4. The maximum Gasteiger partial charge on any atom is 0.0617 e. The Hall–Kier alpha value is -0.120. The Kier molecular flexibility index (Phi) is 3.65. The summed E-state index contributed by atoms with van der Waals surface area (Å²) in [6.45, 7) is 6.56. The van der Waals surface area contributed by atoms with E-state index in [4.69, 9.17) is 4.74 Å². The van der Waals surface area contributed by atoms with Crippen LogP contribution in [0.2, 0.25) is 0 Å². The minimum atomic E-state index is 0.0401. The van der Waals surface area contributed by atoms with Crippen molar-refractivity contribution >= 4 is 0 Å². The minimum Gasteiger partial charge on any atom is -0.394 e. The van der Waals surface area contributed by atoms with Crippen LogP contribution in [0.5, 0.6) is 0 Å². The molecule has 0 atom stereocenters. The van der Waals surface area contributed by atoms with E-state index in [1.54, 1.807) is 0 Å². The van der Waals surface area contributed by atoms with Gasteiger partial charge in [-0.15, -0.1) is 0 Å². The summed E-state index contributed by atoms with van der Waals surface area (Å²) in [5.41, 5.74) is 0.0401. The maximum absolute atomic E-state index is 9.66. The molecule has 1 N–H and O–H groups in total. The van der Waals surface area contributed by atoms with Gasteiger partial charge in [0.05, 0.1) is 6.61 Å². The van der Waals surface area contributed by atoms with Crippen LogP contribution in [0.25, 0.3) is 0 Å². The highest BCUT2D eigenvalue weighted by atomic mass is 16.5. The third kappa shape index (κ3) is 2.35. The molecule has 2 fully saturated rings. The second-order valence-corrected chi connectivity index (χ2v) is 5.16. The van der Waals surface area contributed by atoms with Crippen molar-refractivity contribution in [3.05, 3.63) is 0 Å². The van der Waals surface area contributed by atoms with E-state index in [2.05, 4.69) is 11.8 Å². The van der Waals surface area contributed by atoms with Gasteiger partial charge < -0.3 is 9.84 Å². The van der Waals surface area contributed by atoms with Crippen molar-refractivity contribution in [2.75, 3.05) is 32.9 Å². The number of ether oxygens (including phenoxy) is 1. The average Bonchev–Trinajstić information content (AvgIpc) is 2.31. The lowest BCUT2D eigenvalue weighted by molar-refractivity contribution is -0.0669. The third-order valence-electron chi connectivity index (χ3n) is 4.17. The molecule has 0 bridgehead atoms. The molecule has 2 aliphatic heterocycles. The predicted octanol–water partition coefficient (Wildman–Crippen LogP) is 1.26. The Morgan fingerprint density at radius 3 is 2.40 bits per heavy atom. The Balaban J connectivity index is 1.98. The van der Waals surface area contributed by atoms with Gasteiger partial charge in [-0.2, -0.15) is 0 Å². The van der Waals surface area contributed by atoms with E-state index < -0.39 is 0 Å². The molecular weight excluding hydrogens is 190 g/mol. The molecule has 2 rings (SSSR count). The van der Waals surface area contributed by atoms with Crippen LogP contribution in [0.15, 0.2) is 0 Å². The number of likely N-dealkylation sites (tertiary alicyclic amines) is 1. The first-order valence-corrected chi connectivity index (χ1v) is 6.20. The lowest BCUT2D eigenvalue weighted by Crippen LogP contribution is -2.57. The van der Waals surface area contributed by atoms with Crippen molar-refractivity contribution < 1.29 is 9.84 Å². The second-order valence-electron chi connectivity index (χ2n) is 5.16. The Bertz CT molecular complexity index is 194. The van der Waals surface area contributed by atoms with Crippen LogP contribution in [0, 0.1) is 5.92 Å². The van der Waals surface area contributed by atoms with E-state index in [-0.39, 0.29) is 5.54 Å². The molecule has 3 nitrogen and oxygen atoms in total. The van der Waals surface area contributed by atoms with Gasteiger partial charge in [0.25, 0.3) is 0 Å². The zero-order valence-corrected chi connectivity index (χ0v) is 9.74. The normalized spacial score (nSPS) is 29.2. The summed E-state index contributed by atoms with van der Waals surface area (Å²) in [5.74, 6) is 0.858. The van der Waals surface area contributed by atoms with Gasteiger partial charge in [0.1, 0.15) is 0 Å². The molecule has 0 saturated carbocycles. The summed E-state index contributed by atoms with van der Waals surface area (Å²) in [7, 11) is 0. The summed E-state index contributed by atoms with van der Waals surface area (Å²) < 4.78 is 5.40. The largest absolute Gasteiger partial charge is 0.394 e. The summed E-state index contributed by atoms with van der Waals surface area (Å²) in [5, 5.41) is 9.66. The summed E-state index contributed by atoms with van der Waals surface area (Å²) in [6.07, 6.45) is 4.56. The topological polar surface area (TPSA) is 32.7 Å². The quantitative estimate of drug-likeness (QED) is 0.749. The molecule has 0 aromatic carbocycles. The van der Waals surface area contributed by atoms with Crippen molar-refractivity contribution in [1.29, 1.82) is 0 Å². The summed E-state index contributed by atoms with van der Waals surface area (Å²) in [4.78, 5) is 2.51. The van der Waals surface area contributed by atoms with Gasteiger partial charge in [0, 0.05) is 18.8 Å². The minimum absolute atomic E-state index is 0.0401. The van der Waals surface area contributed by atoms with Crippen LogP contribution in [0.4, 0.5) is 0 Å². The highest BCUT2D eigenvalue weighted by Crippen LogP contribution is 2.31. The van der Waals surface area contributed by atoms with Crippen molar-refractivity contribution in [3.63, 3.8) is 0 Å². The lowest BCUT2D eigenvalue weighted by atomic mass is 9.85. The molecule has 15 heavy (non-hydrogen) atoms. The predicted molar refractivity (Wildman–Crippen MR) is 59.8 cm³/mol. The molecule has 0 unspecified atom stereocenters. The zero-order chi connectivity index (χ0) is 10.7. The average molecular weight is 213 g/mol. The maximum atomic E-state index is 9.66. The van der Waals surface area contributed by atoms with Gasteiger partial charge >= 0.3 is 0 Å². The molecule has 2 heterocycles. The second kappa shape index (κ2) is 4.81. The van der Waals surface area contributed by atoms with E-state index in [0.29, 0.717) is 6.61 Å². The van der Waals surface area contributed by atoms with E-state index in [1.165, 1.54) is 12.8 Å². The van der Waals surface area contributed by atoms with Crippen molar-refractivity contribution in [2.24, 2.45) is 5.92 Å². The van der Waals surface area contributed by atoms with Crippen molar-refractivity contribution in [2.45, 2.75) is 38.1 Å². The fourth-order valence-electron chi connectivity index (χ4n) is 2.81. The lowest BCUT2D eigenvalue weighted by Gasteiger charge is -2.47. The molecule has 3 heteroatoms. The highest BCUT2D eigenvalue weighted by molar-refractivity contribution is 4.93. The van der Waals surface area contributed by atoms with Crippen molar-refractivity contribution in [1.82, 2.24) is 4.90 Å². The summed E-state index contributed by atoms with van der Waals surface area (Å²) in [6, 6.07) is 0.